The summed E-state index contributed by atoms with van der Waals surface area (Å²) in [7, 11) is -3.33. The maximum Gasteiger partial charge on any atom is 0.188 e. The highest BCUT2D eigenvalue weighted by Gasteiger charge is 2.33. The SMILES string of the molecule is CCOC1=CCCCC1S(=O)(=O)c1ccccc1. The first-order chi connectivity index (χ1) is 8.66. The first-order valence-corrected chi connectivity index (χ1v) is 7.82. The lowest BCUT2D eigenvalue weighted by molar-refractivity contribution is 0.212. The number of benzene rings is 1. The van der Waals surface area contributed by atoms with Crippen LogP contribution < -0.4 is 0 Å². The first kappa shape index (κ1) is 13.1. The molecular weight excluding hydrogens is 248 g/mol. The molecule has 3 nitrogen and oxygen atoms in total. The second-order valence-corrected chi connectivity index (χ2v) is 6.45. The number of ether oxygens (including phenoxy) is 1. The first-order valence-electron chi connectivity index (χ1n) is 6.28. The van der Waals surface area contributed by atoms with Crippen LogP contribution in [-0.2, 0) is 14.6 Å². The molecule has 0 aromatic heterocycles. The number of allylic oxidation sites excluding steroid dienone is 1. The van der Waals surface area contributed by atoms with Crippen molar-refractivity contribution in [3.63, 3.8) is 0 Å². The van der Waals surface area contributed by atoms with Crippen LogP contribution in [0.25, 0.3) is 0 Å². The summed E-state index contributed by atoms with van der Waals surface area (Å²) in [5.74, 6) is 0.618. The van der Waals surface area contributed by atoms with Gasteiger partial charge in [0.05, 0.1) is 11.5 Å². The van der Waals surface area contributed by atoms with Gasteiger partial charge in [-0.25, -0.2) is 8.42 Å². The molecule has 0 bridgehead atoms. The van der Waals surface area contributed by atoms with Crippen LogP contribution in [0.4, 0.5) is 0 Å². The zero-order valence-electron chi connectivity index (χ0n) is 10.5. The second kappa shape index (κ2) is 5.57. The predicted molar refractivity (Wildman–Crippen MR) is 71.0 cm³/mol. The van der Waals surface area contributed by atoms with Crippen molar-refractivity contribution in [3.05, 3.63) is 42.2 Å². The van der Waals surface area contributed by atoms with E-state index in [2.05, 4.69) is 0 Å². The van der Waals surface area contributed by atoms with Gasteiger partial charge in [0, 0.05) is 0 Å². The maximum absolute atomic E-state index is 12.6. The highest BCUT2D eigenvalue weighted by atomic mass is 32.2. The third-order valence-electron chi connectivity index (χ3n) is 3.09. The topological polar surface area (TPSA) is 43.4 Å². The van der Waals surface area contributed by atoms with Gasteiger partial charge in [0.1, 0.15) is 11.0 Å². The van der Waals surface area contributed by atoms with Crippen molar-refractivity contribution in [2.75, 3.05) is 6.61 Å². The molecule has 0 aliphatic heterocycles. The minimum atomic E-state index is -3.33. The Bertz CT molecular complexity index is 517. The van der Waals surface area contributed by atoms with Gasteiger partial charge in [0.15, 0.2) is 9.84 Å². The van der Waals surface area contributed by atoms with E-state index in [1.54, 1.807) is 24.3 Å². The van der Waals surface area contributed by atoms with Crippen molar-refractivity contribution in [3.8, 4) is 0 Å². The fourth-order valence-electron chi connectivity index (χ4n) is 2.22. The summed E-state index contributed by atoms with van der Waals surface area (Å²) in [6.45, 7) is 2.38. The summed E-state index contributed by atoms with van der Waals surface area (Å²) in [5.41, 5.74) is 0. The molecule has 4 heteroatoms. The van der Waals surface area contributed by atoms with Crippen molar-refractivity contribution in [2.24, 2.45) is 0 Å². The zero-order chi connectivity index (χ0) is 13.0. The molecule has 1 aliphatic carbocycles. The molecule has 0 N–H and O–H groups in total. The molecule has 98 valence electrons. The fourth-order valence-corrected chi connectivity index (χ4v) is 4.03. The molecule has 2 rings (SSSR count). The third-order valence-corrected chi connectivity index (χ3v) is 5.24. The van der Waals surface area contributed by atoms with Gasteiger partial charge in [-0.15, -0.1) is 0 Å². The van der Waals surface area contributed by atoms with E-state index < -0.39 is 15.1 Å². The van der Waals surface area contributed by atoms with Gasteiger partial charge >= 0.3 is 0 Å². The third kappa shape index (κ3) is 2.58. The van der Waals surface area contributed by atoms with Gasteiger partial charge in [-0.2, -0.15) is 0 Å². The average molecular weight is 266 g/mol. The zero-order valence-corrected chi connectivity index (χ0v) is 11.3. The van der Waals surface area contributed by atoms with E-state index in [0.717, 1.165) is 12.8 Å². The van der Waals surface area contributed by atoms with Crippen molar-refractivity contribution in [1.82, 2.24) is 0 Å². The number of rotatable bonds is 4. The standard InChI is InChI=1S/C14H18O3S/c1-2-17-13-10-6-7-11-14(13)18(15,16)12-8-4-3-5-9-12/h3-5,8-10,14H,2,6-7,11H2,1H3. The summed E-state index contributed by atoms with van der Waals surface area (Å²) in [6, 6.07) is 8.61. The maximum atomic E-state index is 12.6. The largest absolute Gasteiger partial charge is 0.497 e. The van der Waals surface area contributed by atoms with Gasteiger partial charge < -0.3 is 4.74 Å². The van der Waals surface area contributed by atoms with Crippen LogP contribution in [-0.4, -0.2) is 20.3 Å². The van der Waals surface area contributed by atoms with Crippen molar-refractivity contribution in [2.45, 2.75) is 36.3 Å². The predicted octanol–water partition coefficient (Wildman–Crippen LogP) is 2.93. The fraction of sp³-hybridized carbons (Fsp3) is 0.429. The molecule has 18 heavy (non-hydrogen) atoms. The lowest BCUT2D eigenvalue weighted by atomic mass is 10.1. The molecule has 0 saturated heterocycles. The molecule has 0 fully saturated rings. The smallest absolute Gasteiger partial charge is 0.188 e. The molecule has 0 heterocycles. The summed E-state index contributed by atoms with van der Waals surface area (Å²) in [6.07, 6.45) is 4.35. The van der Waals surface area contributed by atoms with Crippen LogP contribution in [0, 0.1) is 0 Å². The molecule has 0 radical (unpaired) electrons. The van der Waals surface area contributed by atoms with Gasteiger partial charge in [0.25, 0.3) is 0 Å². The van der Waals surface area contributed by atoms with Crippen LogP contribution in [0.5, 0.6) is 0 Å². The van der Waals surface area contributed by atoms with E-state index in [4.69, 9.17) is 4.74 Å². The van der Waals surface area contributed by atoms with E-state index in [0.29, 0.717) is 23.7 Å². The number of hydrogen-bond acceptors (Lipinski definition) is 3. The quantitative estimate of drug-likeness (QED) is 0.841. The monoisotopic (exact) mass is 266 g/mol. The Morgan fingerprint density at radius 2 is 2.00 bits per heavy atom. The Labute approximate surface area is 108 Å². The molecule has 1 aromatic rings. The molecule has 0 saturated carbocycles. The molecule has 1 aromatic carbocycles. The van der Waals surface area contributed by atoms with E-state index in [9.17, 15) is 8.42 Å². The summed E-state index contributed by atoms with van der Waals surface area (Å²) < 4.78 is 30.6. The minimum Gasteiger partial charge on any atom is -0.497 e. The lowest BCUT2D eigenvalue weighted by Crippen LogP contribution is -2.27. The van der Waals surface area contributed by atoms with Gasteiger partial charge in [-0.05, 0) is 44.4 Å². The Morgan fingerprint density at radius 3 is 2.67 bits per heavy atom. The molecule has 0 amide bonds. The van der Waals surface area contributed by atoms with E-state index in [1.165, 1.54) is 0 Å². The summed E-state index contributed by atoms with van der Waals surface area (Å²) >= 11 is 0. The van der Waals surface area contributed by atoms with Crippen molar-refractivity contribution >= 4 is 9.84 Å². The Hall–Kier alpha value is -1.29. The summed E-state index contributed by atoms with van der Waals surface area (Å²) in [4.78, 5) is 0.377. The Kier molecular flexibility index (Phi) is 4.07. The lowest BCUT2D eigenvalue weighted by Gasteiger charge is -2.24. The van der Waals surface area contributed by atoms with Crippen molar-refractivity contribution < 1.29 is 13.2 Å². The van der Waals surface area contributed by atoms with E-state index >= 15 is 0 Å². The summed E-state index contributed by atoms with van der Waals surface area (Å²) in [5, 5.41) is -0.520. The molecule has 1 atom stereocenters. The second-order valence-electron chi connectivity index (χ2n) is 4.32. The highest BCUT2D eigenvalue weighted by Crippen LogP contribution is 2.29. The van der Waals surface area contributed by atoms with E-state index in [1.807, 2.05) is 19.1 Å². The Morgan fingerprint density at radius 1 is 1.28 bits per heavy atom. The van der Waals surface area contributed by atoms with Gasteiger partial charge in [-0.3, -0.25) is 0 Å². The Balaban J connectivity index is 2.35. The van der Waals surface area contributed by atoms with Crippen LogP contribution in [0.1, 0.15) is 26.2 Å². The number of sulfone groups is 1. The number of hydrogen-bond donors (Lipinski definition) is 0. The van der Waals surface area contributed by atoms with Crippen LogP contribution in [0.15, 0.2) is 47.1 Å². The molecule has 1 unspecified atom stereocenters. The van der Waals surface area contributed by atoms with Crippen LogP contribution in [0.3, 0.4) is 0 Å². The van der Waals surface area contributed by atoms with Gasteiger partial charge in [0.2, 0.25) is 0 Å². The normalized spacial score (nSPS) is 20.3. The minimum absolute atomic E-state index is 0.377. The molecule has 0 spiro atoms. The van der Waals surface area contributed by atoms with Crippen molar-refractivity contribution in [1.29, 1.82) is 0 Å². The molecular formula is C14H18O3S. The van der Waals surface area contributed by atoms with Crippen LogP contribution in [0.2, 0.25) is 0 Å². The molecule has 1 aliphatic rings. The average Bonchev–Trinajstić information content (AvgIpc) is 2.41. The van der Waals surface area contributed by atoms with Gasteiger partial charge in [-0.1, -0.05) is 18.2 Å². The highest BCUT2D eigenvalue weighted by molar-refractivity contribution is 7.92. The van der Waals surface area contributed by atoms with E-state index in [-0.39, 0.29) is 0 Å². The van der Waals surface area contributed by atoms with Crippen LogP contribution >= 0.6 is 0 Å².